The molecule has 0 aliphatic carbocycles. The summed E-state index contributed by atoms with van der Waals surface area (Å²) in [4.78, 5) is 17.5. The Kier molecular flexibility index (Phi) is 9.29. The molecule has 1 amide bonds. The predicted molar refractivity (Wildman–Crippen MR) is 96.7 cm³/mol. The van der Waals surface area contributed by atoms with Crippen molar-refractivity contribution in [3.05, 3.63) is 24.3 Å². The number of rotatable bonds is 9. The van der Waals surface area contributed by atoms with E-state index < -0.39 is 0 Å². The van der Waals surface area contributed by atoms with Gasteiger partial charge in [-0.3, -0.25) is 4.79 Å². The third-order valence-electron chi connectivity index (χ3n) is 3.07. The zero-order valence-corrected chi connectivity index (χ0v) is 15.0. The minimum absolute atomic E-state index is 0.0533. The van der Waals surface area contributed by atoms with Gasteiger partial charge >= 0.3 is 0 Å². The van der Waals surface area contributed by atoms with Crippen molar-refractivity contribution in [3.8, 4) is 5.75 Å². The Morgan fingerprint density at radius 1 is 1.29 bits per heavy atom. The molecule has 0 aliphatic rings. The maximum Gasteiger partial charge on any atom is 0.243 e. The minimum Gasteiger partial charge on any atom is -0.493 e. The molecule has 24 heavy (non-hydrogen) atoms. The number of ether oxygens (including phenoxy) is 2. The van der Waals surface area contributed by atoms with E-state index in [4.69, 9.17) is 9.47 Å². The van der Waals surface area contributed by atoms with E-state index in [9.17, 15) is 4.79 Å². The molecule has 0 bridgehead atoms. The molecule has 0 saturated carbocycles. The lowest BCUT2D eigenvalue weighted by molar-refractivity contribution is -0.127. The van der Waals surface area contributed by atoms with Crippen LogP contribution in [0.4, 0.5) is 5.69 Å². The number of aliphatic imine (C=N–C) groups is 1. The first-order valence-corrected chi connectivity index (χ1v) is 8.04. The van der Waals surface area contributed by atoms with Crippen LogP contribution >= 0.6 is 0 Å². The van der Waals surface area contributed by atoms with E-state index in [0.717, 1.165) is 17.9 Å². The van der Waals surface area contributed by atoms with E-state index in [1.807, 2.05) is 31.2 Å². The molecular weight excluding hydrogens is 308 g/mol. The van der Waals surface area contributed by atoms with Crippen LogP contribution in [0, 0.1) is 0 Å². The standard InChI is InChI=1S/C17H28N4O3/c1-5-18-17(19-13-16(22)21(2)3)20-14-8-6-9-15(12-14)24-11-7-10-23-4/h6,8-9,12H,5,7,10-11,13H2,1-4H3,(H2,18,19,20). The molecular formula is C17H28N4O3. The van der Waals surface area contributed by atoms with E-state index in [1.165, 1.54) is 4.90 Å². The van der Waals surface area contributed by atoms with Crippen LogP contribution in [0.3, 0.4) is 0 Å². The van der Waals surface area contributed by atoms with E-state index >= 15 is 0 Å². The van der Waals surface area contributed by atoms with Gasteiger partial charge in [0.1, 0.15) is 12.3 Å². The second kappa shape index (κ2) is 11.3. The van der Waals surface area contributed by atoms with Crippen molar-refractivity contribution in [1.82, 2.24) is 10.2 Å². The van der Waals surface area contributed by atoms with Crippen molar-refractivity contribution in [2.24, 2.45) is 4.99 Å². The number of guanidine groups is 1. The Bertz CT molecular complexity index is 532. The Morgan fingerprint density at radius 2 is 2.08 bits per heavy atom. The zero-order valence-electron chi connectivity index (χ0n) is 15.0. The monoisotopic (exact) mass is 336 g/mol. The van der Waals surface area contributed by atoms with Crippen molar-refractivity contribution in [1.29, 1.82) is 0 Å². The third-order valence-corrected chi connectivity index (χ3v) is 3.07. The molecule has 7 nitrogen and oxygen atoms in total. The summed E-state index contributed by atoms with van der Waals surface area (Å²) in [7, 11) is 5.10. The quantitative estimate of drug-likeness (QED) is 0.407. The highest BCUT2D eigenvalue weighted by Gasteiger charge is 2.05. The topological polar surface area (TPSA) is 75.2 Å². The van der Waals surface area contributed by atoms with Gasteiger partial charge in [-0.05, 0) is 19.1 Å². The van der Waals surface area contributed by atoms with Crippen LogP contribution in [0.5, 0.6) is 5.75 Å². The Morgan fingerprint density at radius 3 is 2.75 bits per heavy atom. The fourth-order valence-corrected chi connectivity index (χ4v) is 1.79. The van der Waals surface area contributed by atoms with Gasteiger partial charge < -0.3 is 25.0 Å². The highest BCUT2D eigenvalue weighted by molar-refractivity contribution is 5.95. The molecule has 1 aromatic rings. The smallest absolute Gasteiger partial charge is 0.243 e. The SMILES string of the molecule is CCNC(=NCC(=O)N(C)C)Nc1cccc(OCCCOC)c1. The fraction of sp³-hybridized carbons (Fsp3) is 0.529. The van der Waals surface area contributed by atoms with Crippen molar-refractivity contribution in [2.45, 2.75) is 13.3 Å². The number of methoxy groups -OCH3 is 1. The summed E-state index contributed by atoms with van der Waals surface area (Å²) >= 11 is 0. The molecule has 0 fully saturated rings. The molecule has 0 aromatic heterocycles. The highest BCUT2D eigenvalue weighted by atomic mass is 16.5. The number of likely N-dealkylation sites (N-methyl/N-ethyl adjacent to an activating group) is 1. The van der Waals surface area contributed by atoms with Gasteiger partial charge in [0, 0.05) is 52.5 Å². The van der Waals surface area contributed by atoms with Gasteiger partial charge in [-0.2, -0.15) is 0 Å². The molecule has 2 N–H and O–H groups in total. The van der Waals surface area contributed by atoms with E-state index in [1.54, 1.807) is 21.2 Å². The lowest BCUT2D eigenvalue weighted by atomic mass is 10.3. The average molecular weight is 336 g/mol. The molecule has 0 aliphatic heterocycles. The Labute approximate surface area is 144 Å². The number of hydrogen-bond donors (Lipinski definition) is 2. The normalized spacial score (nSPS) is 11.1. The maximum atomic E-state index is 11.7. The van der Waals surface area contributed by atoms with Gasteiger partial charge in [0.2, 0.25) is 5.91 Å². The van der Waals surface area contributed by atoms with Gasteiger partial charge in [-0.1, -0.05) is 6.07 Å². The summed E-state index contributed by atoms with van der Waals surface area (Å²) in [6, 6.07) is 7.62. The van der Waals surface area contributed by atoms with E-state index in [-0.39, 0.29) is 12.5 Å². The maximum absolute atomic E-state index is 11.7. The highest BCUT2D eigenvalue weighted by Crippen LogP contribution is 2.17. The number of benzene rings is 1. The number of nitrogens with one attached hydrogen (secondary N) is 2. The molecule has 0 atom stereocenters. The molecule has 0 spiro atoms. The first-order chi connectivity index (χ1) is 11.6. The predicted octanol–water partition coefficient (Wildman–Crippen LogP) is 1.57. The summed E-state index contributed by atoms with van der Waals surface area (Å²) in [6.45, 7) is 4.04. The van der Waals surface area contributed by atoms with E-state index in [0.29, 0.717) is 25.7 Å². The molecule has 0 radical (unpaired) electrons. The minimum atomic E-state index is -0.0533. The summed E-state index contributed by atoms with van der Waals surface area (Å²) in [6.07, 6.45) is 0.838. The Hall–Kier alpha value is -2.28. The van der Waals surface area contributed by atoms with Crippen LogP contribution in [0.15, 0.2) is 29.3 Å². The van der Waals surface area contributed by atoms with Crippen LogP contribution < -0.4 is 15.4 Å². The van der Waals surface area contributed by atoms with Gasteiger partial charge in [-0.15, -0.1) is 0 Å². The van der Waals surface area contributed by atoms with Gasteiger partial charge in [0.05, 0.1) is 6.61 Å². The number of hydrogen-bond acceptors (Lipinski definition) is 4. The van der Waals surface area contributed by atoms with Crippen molar-refractivity contribution in [2.75, 3.05) is 52.8 Å². The molecule has 1 aromatic carbocycles. The molecule has 7 heteroatoms. The van der Waals surface area contributed by atoms with Gasteiger partial charge in [0.15, 0.2) is 5.96 Å². The van der Waals surface area contributed by atoms with Crippen LogP contribution in [-0.2, 0) is 9.53 Å². The second-order valence-corrected chi connectivity index (χ2v) is 5.33. The van der Waals surface area contributed by atoms with Gasteiger partial charge in [-0.25, -0.2) is 4.99 Å². The number of carbonyl (C=O) groups excluding carboxylic acids is 1. The number of nitrogens with zero attached hydrogens (tertiary/aromatic N) is 2. The average Bonchev–Trinajstić information content (AvgIpc) is 2.57. The third kappa shape index (κ3) is 7.82. The lowest BCUT2D eigenvalue weighted by Crippen LogP contribution is -2.32. The number of amides is 1. The first kappa shape index (κ1) is 19.8. The van der Waals surface area contributed by atoms with Crippen LogP contribution in [0.25, 0.3) is 0 Å². The molecule has 1 rings (SSSR count). The van der Waals surface area contributed by atoms with Crippen LogP contribution in [0.2, 0.25) is 0 Å². The molecule has 0 unspecified atom stereocenters. The fourth-order valence-electron chi connectivity index (χ4n) is 1.79. The summed E-state index contributed by atoms with van der Waals surface area (Å²) < 4.78 is 10.7. The summed E-state index contributed by atoms with van der Waals surface area (Å²) in [5, 5.41) is 6.30. The largest absolute Gasteiger partial charge is 0.493 e. The molecule has 0 saturated heterocycles. The first-order valence-electron chi connectivity index (χ1n) is 8.04. The van der Waals surface area contributed by atoms with Crippen LogP contribution in [-0.4, -0.2) is 64.3 Å². The number of carbonyl (C=O) groups is 1. The van der Waals surface area contributed by atoms with Crippen molar-refractivity contribution >= 4 is 17.6 Å². The second-order valence-electron chi connectivity index (χ2n) is 5.33. The summed E-state index contributed by atoms with van der Waals surface area (Å²) in [5.74, 6) is 1.28. The summed E-state index contributed by atoms with van der Waals surface area (Å²) in [5.41, 5.74) is 0.844. The molecule has 0 heterocycles. The lowest BCUT2D eigenvalue weighted by Gasteiger charge is -2.13. The number of anilines is 1. The van der Waals surface area contributed by atoms with Crippen LogP contribution in [0.1, 0.15) is 13.3 Å². The van der Waals surface area contributed by atoms with Crippen molar-refractivity contribution in [3.63, 3.8) is 0 Å². The zero-order chi connectivity index (χ0) is 17.8. The van der Waals surface area contributed by atoms with Crippen molar-refractivity contribution < 1.29 is 14.3 Å². The van der Waals surface area contributed by atoms with E-state index in [2.05, 4.69) is 15.6 Å². The van der Waals surface area contributed by atoms with Gasteiger partial charge in [0.25, 0.3) is 0 Å². The molecule has 134 valence electrons. The Balaban J connectivity index is 2.65.